The van der Waals surface area contributed by atoms with E-state index in [1.165, 1.54) is 16.9 Å². The van der Waals surface area contributed by atoms with Crippen molar-refractivity contribution in [3.8, 4) is 10.8 Å². The van der Waals surface area contributed by atoms with Crippen molar-refractivity contribution in [3.05, 3.63) is 51.7 Å². The van der Waals surface area contributed by atoms with Crippen molar-refractivity contribution in [3.63, 3.8) is 0 Å². The Morgan fingerprint density at radius 2 is 2.00 bits per heavy atom. The Bertz CT molecular complexity index is 524. The molecule has 5 heteroatoms. The highest BCUT2D eigenvalue weighted by atomic mass is 35.5. The van der Waals surface area contributed by atoms with Crippen LogP contribution >= 0.6 is 22.9 Å². The Morgan fingerprint density at radius 1 is 1.28 bits per heavy atom. The first-order valence-corrected chi connectivity index (χ1v) is 6.72. The van der Waals surface area contributed by atoms with Crippen LogP contribution in [0.5, 0.6) is 10.8 Å². The van der Waals surface area contributed by atoms with E-state index >= 15 is 0 Å². The number of hydrogen-bond acceptors (Lipinski definition) is 4. The Labute approximate surface area is 114 Å². The molecule has 1 atom stereocenters. The fourth-order valence-electron chi connectivity index (χ4n) is 1.45. The van der Waals surface area contributed by atoms with Crippen LogP contribution in [0, 0.1) is 11.8 Å². The summed E-state index contributed by atoms with van der Waals surface area (Å²) in [7, 11) is 0. The van der Waals surface area contributed by atoms with Crippen molar-refractivity contribution < 1.29 is 4.74 Å². The Balaban J connectivity index is 2.02. The lowest BCUT2D eigenvalue weighted by Crippen LogP contribution is -1.95. The van der Waals surface area contributed by atoms with Crippen molar-refractivity contribution in [2.45, 2.75) is 18.8 Å². The molecule has 0 N–H and O–H groups in total. The molecule has 1 heterocycles. The summed E-state index contributed by atoms with van der Waals surface area (Å²) in [6.07, 6.45) is 0.437. The van der Waals surface area contributed by atoms with Gasteiger partial charge in [-0.3, -0.25) is 0 Å². The standard InChI is InChI=1S/C13H12ClNO2S/c1-9-2-4-10(5-3-9)17-13-7-6-11(18-13)8-12(14)15-16/h2-7,12H,8H2,1H3. The molecule has 1 aromatic carbocycles. The zero-order valence-electron chi connectivity index (χ0n) is 9.80. The van der Waals surface area contributed by atoms with Crippen LogP contribution in [0.25, 0.3) is 0 Å². The molecule has 0 saturated heterocycles. The molecule has 0 bridgehead atoms. The van der Waals surface area contributed by atoms with Crippen LogP contribution in [0.15, 0.2) is 41.6 Å². The van der Waals surface area contributed by atoms with Crippen LogP contribution in [-0.2, 0) is 6.42 Å². The molecular formula is C13H12ClNO2S. The second-order valence-electron chi connectivity index (χ2n) is 3.88. The number of rotatable bonds is 5. The maximum atomic E-state index is 10.2. The quantitative estimate of drug-likeness (QED) is 0.452. The molecular weight excluding hydrogens is 270 g/mol. The number of thiophene rings is 1. The van der Waals surface area contributed by atoms with E-state index in [4.69, 9.17) is 16.3 Å². The van der Waals surface area contributed by atoms with E-state index in [-0.39, 0.29) is 0 Å². The summed E-state index contributed by atoms with van der Waals surface area (Å²) in [6.45, 7) is 2.03. The van der Waals surface area contributed by atoms with Crippen molar-refractivity contribution in [2.75, 3.05) is 0 Å². The van der Waals surface area contributed by atoms with Gasteiger partial charge in [-0.2, -0.15) is 0 Å². The van der Waals surface area contributed by atoms with Crippen molar-refractivity contribution >= 4 is 22.9 Å². The Morgan fingerprint density at radius 3 is 2.67 bits per heavy atom. The molecule has 0 amide bonds. The third kappa shape index (κ3) is 3.55. The molecule has 3 nitrogen and oxygen atoms in total. The predicted octanol–water partition coefficient (Wildman–Crippen LogP) is 4.72. The lowest BCUT2D eigenvalue weighted by Gasteiger charge is -2.02. The molecule has 0 saturated carbocycles. The summed E-state index contributed by atoms with van der Waals surface area (Å²) in [5.41, 5.74) is 0.479. The summed E-state index contributed by atoms with van der Waals surface area (Å²) >= 11 is 7.14. The highest BCUT2D eigenvalue weighted by molar-refractivity contribution is 7.13. The van der Waals surface area contributed by atoms with Gasteiger partial charge in [0.05, 0.1) is 0 Å². The van der Waals surface area contributed by atoms with Crippen molar-refractivity contribution in [1.82, 2.24) is 0 Å². The molecule has 0 radical (unpaired) electrons. The highest BCUT2D eigenvalue weighted by Crippen LogP contribution is 2.30. The van der Waals surface area contributed by atoms with E-state index in [0.29, 0.717) is 6.42 Å². The summed E-state index contributed by atoms with van der Waals surface area (Å²) in [5, 5.41) is 3.55. The second kappa shape index (κ2) is 5.98. The molecule has 1 unspecified atom stereocenters. The normalized spacial score (nSPS) is 12.1. The SMILES string of the molecule is Cc1ccc(Oc2ccc(CC(Cl)N=O)s2)cc1. The molecule has 0 spiro atoms. The predicted molar refractivity (Wildman–Crippen MR) is 74.7 cm³/mol. The van der Waals surface area contributed by atoms with E-state index < -0.39 is 5.50 Å². The maximum absolute atomic E-state index is 10.2. The molecule has 0 aliphatic carbocycles. The van der Waals surface area contributed by atoms with Crippen molar-refractivity contribution in [2.24, 2.45) is 5.18 Å². The minimum atomic E-state index is -0.712. The van der Waals surface area contributed by atoms with Crippen LogP contribution in [0.4, 0.5) is 0 Å². The third-order valence-electron chi connectivity index (χ3n) is 2.36. The Kier molecular flexibility index (Phi) is 4.33. The van der Waals surface area contributed by atoms with E-state index in [9.17, 15) is 4.91 Å². The van der Waals surface area contributed by atoms with E-state index in [2.05, 4.69) is 5.18 Å². The summed E-state index contributed by atoms with van der Waals surface area (Å²) in [4.78, 5) is 11.2. The zero-order chi connectivity index (χ0) is 13.0. The average molecular weight is 282 g/mol. The van der Waals surface area contributed by atoms with Gasteiger partial charge in [0, 0.05) is 11.3 Å². The molecule has 1 aromatic heterocycles. The topological polar surface area (TPSA) is 38.7 Å². The minimum absolute atomic E-state index is 0.437. The van der Waals surface area contributed by atoms with Crippen LogP contribution in [0.1, 0.15) is 10.4 Å². The number of hydrogen-bond donors (Lipinski definition) is 0. The number of ether oxygens (including phenoxy) is 1. The van der Waals surface area contributed by atoms with E-state index in [1.807, 2.05) is 43.3 Å². The van der Waals surface area contributed by atoms with Crippen LogP contribution in [-0.4, -0.2) is 5.50 Å². The first-order chi connectivity index (χ1) is 8.67. The van der Waals surface area contributed by atoms with Gasteiger partial charge < -0.3 is 4.74 Å². The monoisotopic (exact) mass is 281 g/mol. The van der Waals surface area contributed by atoms with Crippen molar-refractivity contribution in [1.29, 1.82) is 0 Å². The first kappa shape index (κ1) is 13.1. The Hall–Kier alpha value is -1.39. The number of benzene rings is 1. The first-order valence-electron chi connectivity index (χ1n) is 5.47. The fourth-order valence-corrected chi connectivity index (χ4v) is 2.62. The molecule has 94 valence electrons. The minimum Gasteiger partial charge on any atom is -0.447 e. The van der Waals surface area contributed by atoms with Gasteiger partial charge in [-0.05, 0) is 36.4 Å². The molecule has 2 rings (SSSR count). The van der Waals surface area contributed by atoms with Gasteiger partial charge >= 0.3 is 0 Å². The number of nitroso groups, excluding NO2 is 1. The smallest absolute Gasteiger partial charge is 0.181 e. The molecule has 2 aromatic rings. The van der Waals surface area contributed by atoms with E-state index in [0.717, 1.165) is 15.7 Å². The average Bonchev–Trinajstić information content (AvgIpc) is 2.79. The van der Waals surface area contributed by atoms with Crippen LogP contribution in [0.3, 0.4) is 0 Å². The highest BCUT2D eigenvalue weighted by Gasteiger charge is 2.08. The van der Waals surface area contributed by atoms with Gasteiger partial charge in [-0.25, -0.2) is 0 Å². The lowest BCUT2D eigenvalue weighted by atomic mass is 10.2. The summed E-state index contributed by atoms with van der Waals surface area (Å²) in [6, 6.07) is 11.6. The number of aryl methyl sites for hydroxylation is 1. The van der Waals surface area contributed by atoms with Crippen LogP contribution < -0.4 is 4.74 Å². The number of alkyl halides is 1. The van der Waals surface area contributed by atoms with Gasteiger partial charge in [0.25, 0.3) is 0 Å². The maximum Gasteiger partial charge on any atom is 0.181 e. The molecule has 18 heavy (non-hydrogen) atoms. The summed E-state index contributed by atoms with van der Waals surface area (Å²) < 4.78 is 5.70. The van der Waals surface area contributed by atoms with E-state index in [1.54, 1.807) is 0 Å². The number of halogens is 1. The van der Waals surface area contributed by atoms with Gasteiger partial charge in [0.15, 0.2) is 10.6 Å². The zero-order valence-corrected chi connectivity index (χ0v) is 11.4. The molecule has 0 aliphatic rings. The summed E-state index contributed by atoms with van der Waals surface area (Å²) in [5.74, 6) is 0.796. The van der Waals surface area contributed by atoms with Gasteiger partial charge in [-0.15, -0.1) is 16.2 Å². The largest absolute Gasteiger partial charge is 0.447 e. The van der Waals surface area contributed by atoms with Gasteiger partial charge in [0.2, 0.25) is 0 Å². The van der Waals surface area contributed by atoms with Crippen LogP contribution in [0.2, 0.25) is 0 Å². The number of nitrogens with zero attached hydrogens (tertiary/aromatic N) is 1. The second-order valence-corrected chi connectivity index (χ2v) is 5.51. The lowest BCUT2D eigenvalue weighted by molar-refractivity contribution is 0.496. The fraction of sp³-hybridized carbons (Fsp3) is 0.231. The van der Waals surface area contributed by atoms with Gasteiger partial charge in [0.1, 0.15) is 5.75 Å². The third-order valence-corrected chi connectivity index (χ3v) is 3.58. The molecule has 0 aliphatic heterocycles. The van der Waals surface area contributed by atoms with Gasteiger partial charge in [-0.1, -0.05) is 29.3 Å². The molecule has 0 fully saturated rings.